The molecular formula is C13H16BrClFN. The third-order valence-corrected chi connectivity index (χ3v) is 4.56. The van der Waals surface area contributed by atoms with Gasteiger partial charge in [0.05, 0.1) is 5.02 Å². The first-order chi connectivity index (χ1) is 8.18. The Balaban J connectivity index is 1.96. The summed E-state index contributed by atoms with van der Waals surface area (Å²) in [5.41, 5.74) is 0.642. The maximum atomic E-state index is 13.8. The van der Waals surface area contributed by atoms with Crippen LogP contribution in [0.4, 0.5) is 4.39 Å². The zero-order valence-electron chi connectivity index (χ0n) is 9.61. The van der Waals surface area contributed by atoms with Crippen LogP contribution >= 0.6 is 27.5 Å². The lowest BCUT2D eigenvalue weighted by Crippen LogP contribution is -2.30. The van der Waals surface area contributed by atoms with E-state index in [0.29, 0.717) is 22.6 Å². The maximum absolute atomic E-state index is 13.8. The zero-order chi connectivity index (χ0) is 12.3. The van der Waals surface area contributed by atoms with Gasteiger partial charge in [-0.1, -0.05) is 36.9 Å². The third kappa shape index (κ3) is 3.43. The third-order valence-electron chi connectivity index (χ3n) is 3.30. The number of nitrogens with one attached hydrogen (secondary N) is 1. The molecule has 0 aromatic heterocycles. The van der Waals surface area contributed by atoms with E-state index in [-0.39, 0.29) is 10.8 Å². The highest BCUT2D eigenvalue weighted by atomic mass is 79.9. The van der Waals surface area contributed by atoms with Crippen molar-refractivity contribution >= 4 is 27.5 Å². The van der Waals surface area contributed by atoms with Gasteiger partial charge in [-0.2, -0.15) is 0 Å². The minimum atomic E-state index is -0.315. The summed E-state index contributed by atoms with van der Waals surface area (Å²) >= 11 is 9.07. The van der Waals surface area contributed by atoms with Crippen molar-refractivity contribution in [2.75, 3.05) is 0 Å². The first-order valence-electron chi connectivity index (χ1n) is 6.04. The standard InChI is InChI=1S/C13H16BrClFN/c14-11-7-6-9(13(16)12(11)15)8-17-10-4-2-1-3-5-10/h6-7,10,17H,1-5,8H2. The normalized spacial score (nSPS) is 17.4. The quantitative estimate of drug-likeness (QED) is 0.798. The van der Waals surface area contributed by atoms with E-state index in [2.05, 4.69) is 21.2 Å². The van der Waals surface area contributed by atoms with Gasteiger partial charge in [-0.25, -0.2) is 4.39 Å². The molecule has 1 N–H and O–H groups in total. The summed E-state index contributed by atoms with van der Waals surface area (Å²) in [5.74, 6) is -0.315. The van der Waals surface area contributed by atoms with Crippen LogP contribution < -0.4 is 5.32 Å². The monoisotopic (exact) mass is 319 g/mol. The Labute approximate surface area is 115 Å². The molecule has 0 bridgehead atoms. The molecular weight excluding hydrogens is 305 g/mol. The van der Waals surface area contributed by atoms with Gasteiger partial charge >= 0.3 is 0 Å². The fourth-order valence-corrected chi connectivity index (χ4v) is 2.75. The molecule has 1 aromatic carbocycles. The summed E-state index contributed by atoms with van der Waals surface area (Å²) < 4.78 is 14.4. The molecule has 0 unspecified atom stereocenters. The van der Waals surface area contributed by atoms with Crippen molar-refractivity contribution in [2.45, 2.75) is 44.7 Å². The van der Waals surface area contributed by atoms with Crippen LogP contribution in [0.5, 0.6) is 0 Å². The second kappa shape index (κ2) is 6.17. The van der Waals surface area contributed by atoms with E-state index in [1.54, 1.807) is 12.1 Å². The van der Waals surface area contributed by atoms with Crippen molar-refractivity contribution in [3.8, 4) is 0 Å². The lowest BCUT2D eigenvalue weighted by atomic mass is 9.95. The highest BCUT2D eigenvalue weighted by Gasteiger charge is 2.14. The highest BCUT2D eigenvalue weighted by Crippen LogP contribution is 2.27. The van der Waals surface area contributed by atoms with Crippen molar-refractivity contribution < 1.29 is 4.39 Å². The number of benzene rings is 1. The Morgan fingerprint density at radius 3 is 2.71 bits per heavy atom. The summed E-state index contributed by atoms with van der Waals surface area (Å²) in [5, 5.41) is 3.59. The number of rotatable bonds is 3. The lowest BCUT2D eigenvalue weighted by molar-refractivity contribution is 0.370. The number of halogens is 3. The van der Waals surface area contributed by atoms with Crippen molar-refractivity contribution in [3.63, 3.8) is 0 Å². The van der Waals surface area contributed by atoms with E-state index in [1.807, 2.05) is 0 Å². The van der Waals surface area contributed by atoms with E-state index in [0.717, 1.165) is 0 Å². The summed E-state index contributed by atoms with van der Waals surface area (Å²) in [4.78, 5) is 0. The van der Waals surface area contributed by atoms with Gasteiger partial charge in [-0.15, -0.1) is 0 Å². The van der Waals surface area contributed by atoms with E-state index < -0.39 is 0 Å². The molecule has 0 aliphatic heterocycles. The Bertz CT molecular complexity index is 391. The highest BCUT2D eigenvalue weighted by molar-refractivity contribution is 9.10. The van der Waals surface area contributed by atoms with Crippen molar-refractivity contribution in [3.05, 3.63) is 33.0 Å². The van der Waals surface area contributed by atoms with Gasteiger partial charge in [0.2, 0.25) is 0 Å². The summed E-state index contributed by atoms with van der Waals surface area (Å²) in [6.45, 7) is 0.559. The van der Waals surface area contributed by atoms with Gasteiger partial charge < -0.3 is 5.32 Å². The summed E-state index contributed by atoms with van der Waals surface area (Å²) in [6.07, 6.45) is 6.29. The van der Waals surface area contributed by atoms with Crippen LogP contribution in [-0.4, -0.2) is 6.04 Å². The van der Waals surface area contributed by atoms with Crippen LogP contribution in [-0.2, 0) is 6.54 Å². The average molecular weight is 321 g/mol. The summed E-state index contributed by atoms with van der Waals surface area (Å²) in [6, 6.07) is 4.11. The van der Waals surface area contributed by atoms with Gasteiger partial charge in [0.15, 0.2) is 0 Å². The van der Waals surface area contributed by atoms with Gasteiger partial charge in [-0.3, -0.25) is 0 Å². The molecule has 0 radical (unpaired) electrons. The van der Waals surface area contributed by atoms with Crippen LogP contribution in [0.3, 0.4) is 0 Å². The van der Waals surface area contributed by atoms with Crippen molar-refractivity contribution in [1.29, 1.82) is 0 Å². The van der Waals surface area contributed by atoms with Gasteiger partial charge in [-0.05, 0) is 34.8 Å². The molecule has 94 valence electrons. The molecule has 0 heterocycles. The molecule has 1 nitrogen and oxygen atoms in total. The fourth-order valence-electron chi connectivity index (χ4n) is 2.26. The Morgan fingerprint density at radius 2 is 2.00 bits per heavy atom. The van der Waals surface area contributed by atoms with Crippen molar-refractivity contribution in [2.24, 2.45) is 0 Å². The maximum Gasteiger partial charge on any atom is 0.147 e. The van der Waals surface area contributed by atoms with Gasteiger partial charge in [0.1, 0.15) is 5.82 Å². The topological polar surface area (TPSA) is 12.0 Å². The second-order valence-electron chi connectivity index (χ2n) is 4.55. The summed E-state index contributed by atoms with van der Waals surface area (Å²) in [7, 11) is 0. The average Bonchev–Trinajstić information content (AvgIpc) is 2.36. The van der Waals surface area contributed by atoms with Gasteiger partial charge in [0, 0.05) is 22.6 Å². The molecule has 0 saturated heterocycles. The number of hydrogen-bond acceptors (Lipinski definition) is 1. The van der Waals surface area contributed by atoms with E-state index >= 15 is 0 Å². The first-order valence-corrected chi connectivity index (χ1v) is 7.21. The Hall–Kier alpha value is -0.120. The molecule has 2 rings (SSSR count). The van der Waals surface area contributed by atoms with Crippen LogP contribution in [0.1, 0.15) is 37.7 Å². The molecule has 1 aliphatic rings. The molecule has 0 atom stereocenters. The van der Waals surface area contributed by atoms with Crippen LogP contribution in [0, 0.1) is 5.82 Å². The van der Waals surface area contributed by atoms with Crippen LogP contribution in [0.25, 0.3) is 0 Å². The largest absolute Gasteiger partial charge is 0.310 e. The molecule has 1 aromatic rings. The van der Waals surface area contributed by atoms with Crippen LogP contribution in [0.15, 0.2) is 16.6 Å². The Kier molecular flexibility index (Phi) is 4.83. The molecule has 4 heteroatoms. The predicted molar refractivity (Wildman–Crippen MR) is 72.8 cm³/mol. The van der Waals surface area contributed by atoms with E-state index in [4.69, 9.17) is 11.6 Å². The smallest absolute Gasteiger partial charge is 0.147 e. The molecule has 1 aliphatic carbocycles. The molecule has 1 fully saturated rings. The zero-order valence-corrected chi connectivity index (χ0v) is 12.0. The molecule has 17 heavy (non-hydrogen) atoms. The molecule has 1 saturated carbocycles. The molecule has 0 spiro atoms. The van der Waals surface area contributed by atoms with Crippen molar-refractivity contribution in [1.82, 2.24) is 5.32 Å². The van der Waals surface area contributed by atoms with E-state index in [9.17, 15) is 4.39 Å². The Morgan fingerprint density at radius 1 is 1.29 bits per heavy atom. The van der Waals surface area contributed by atoms with E-state index in [1.165, 1.54) is 32.1 Å². The lowest BCUT2D eigenvalue weighted by Gasteiger charge is -2.23. The SMILES string of the molecule is Fc1c(CNC2CCCCC2)ccc(Br)c1Cl. The minimum absolute atomic E-state index is 0.174. The van der Waals surface area contributed by atoms with Gasteiger partial charge in [0.25, 0.3) is 0 Å². The first kappa shape index (κ1) is 13.3. The number of hydrogen-bond donors (Lipinski definition) is 1. The minimum Gasteiger partial charge on any atom is -0.310 e. The predicted octanol–water partition coefficient (Wildman–Crippen LogP) is 4.66. The molecule has 0 amide bonds. The van der Waals surface area contributed by atoms with Crippen LogP contribution in [0.2, 0.25) is 5.02 Å². The second-order valence-corrected chi connectivity index (χ2v) is 5.78. The fraction of sp³-hybridized carbons (Fsp3) is 0.538.